The van der Waals surface area contributed by atoms with Gasteiger partial charge in [0.1, 0.15) is 5.69 Å². The Morgan fingerprint density at radius 1 is 1.04 bits per heavy atom. The van der Waals surface area contributed by atoms with Gasteiger partial charge in [0.2, 0.25) is 0 Å². The second kappa shape index (κ2) is 8.98. The van der Waals surface area contributed by atoms with Gasteiger partial charge in [-0.3, -0.25) is 14.6 Å². The van der Waals surface area contributed by atoms with Crippen molar-refractivity contribution in [2.45, 2.75) is 6.42 Å². The first-order valence-corrected chi connectivity index (χ1v) is 8.78. The Bertz CT molecular complexity index is 784. The van der Waals surface area contributed by atoms with Crippen LogP contribution in [0.5, 0.6) is 11.5 Å². The number of ether oxygens (including phenoxy) is 2. The highest BCUT2D eigenvalue weighted by atomic mass is 16.5. The van der Waals surface area contributed by atoms with Crippen molar-refractivity contribution in [2.75, 3.05) is 39.9 Å². The molecule has 8 heteroatoms. The number of rotatable bonds is 5. The first-order chi connectivity index (χ1) is 13.2. The largest absolute Gasteiger partial charge is 0.493 e. The summed E-state index contributed by atoms with van der Waals surface area (Å²) in [5, 5.41) is 0. The van der Waals surface area contributed by atoms with E-state index in [2.05, 4.69) is 9.97 Å². The molecule has 0 spiro atoms. The van der Waals surface area contributed by atoms with Gasteiger partial charge in [0, 0.05) is 38.6 Å². The lowest BCUT2D eigenvalue weighted by atomic mass is 10.3. The van der Waals surface area contributed by atoms with Crippen molar-refractivity contribution >= 4 is 11.8 Å². The molecule has 0 atom stereocenters. The smallest absolute Gasteiger partial charge is 0.274 e. The van der Waals surface area contributed by atoms with Gasteiger partial charge < -0.3 is 19.3 Å². The Balaban J connectivity index is 1.54. The molecule has 142 valence electrons. The lowest BCUT2D eigenvalue weighted by Gasteiger charge is -2.22. The van der Waals surface area contributed by atoms with E-state index in [1.54, 1.807) is 29.0 Å². The maximum Gasteiger partial charge on any atom is 0.274 e. The zero-order valence-corrected chi connectivity index (χ0v) is 15.2. The average Bonchev–Trinajstić information content (AvgIpc) is 2.98. The Morgan fingerprint density at radius 2 is 1.78 bits per heavy atom. The first kappa shape index (κ1) is 18.6. The number of carbonyl (C=O) groups is 2. The van der Waals surface area contributed by atoms with Crippen LogP contribution >= 0.6 is 0 Å². The fourth-order valence-electron chi connectivity index (χ4n) is 2.91. The first-order valence-electron chi connectivity index (χ1n) is 8.78. The highest BCUT2D eigenvalue weighted by Gasteiger charge is 2.24. The second-order valence-electron chi connectivity index (χ2n) is 6.06. The molecule has 0 aliphatic carbocycles. The molecule has 0 radical (unpaired) electrons. The summed E-state index contributed by atoms with van der Waals surface area (Å²) >= 11 is 0. The molecular formula is C19H22N4O4. The van der Waals surface area contributed by atoms with Gasteiger partial charge in [0.25, 0.3) is 11.8 Å². The van der Waals surface area contributed by atoms with Crippen LogP contribution in [0.1, 0.15) is 16.9 Å². The van der Waals surface area contributed by atoms with E-state index in [0.717, 1.165) is 0 Å². The van der Waals surface area contributed by atoms with Crippen LogP contribution in [-0.4, -0.2) is 71.5 Å². The van der Waals surface area contributed by atoms with Gasteiger partial charge in [0.15, 0.2) is 18.1 Å². The molecule has 27 heavy (non-hydrogen) atoms. The van der Waals surface area contributed by atoms with Gasteiger partial charge in [-0.2, -0.15) is 0 Å². The van der Waals surface area contributed by atoms with E-state index in [1.807, 2.05) is 12.1 Å². The maximum atomic E-state index is 12.5. The highest BCUT2D eigenvalue weighted by Crippen LogP contribution is 2.25. The van der Waals surface area contributed by atoms with Crippen LogP contribution in [0.4, 0.5) is 0 Å². The normalized spacial score (nSPS) is 14.4. The molecule has 2 aromatic rings. The standard InChI is InChI=1S/C19H22N4O4/c1-26-16-5-2-3-6-17(16)27-14-18(24)22-9-4-10-23(12-11-22)19(25)15-13-20-7-8-21-15/h2-3,5-8,13H,4,9-12,14H2,1H3. The van der Waals surface area contributed by atoms with Crippen molar-refractivity contribution in [3.8, 4) is 11.5 Å². The highest BCUT2D eigenvalue weighted by molar-refractivity contribution is 5.92. The quantitative estimate of drug-likeness (QED) is 0.787. The number of carbonyl (C=O) groups excluding carboxylic acids is 2. The van der Waals surface area contributed by atoms with Crippen LogP contribution < -0.4 is 9.47 Å². The van der Waals surface area contributed by atoms with Crippen LogP contribution in [0.2, 0.25) is 0 Å². The summed E-state index contributed by atoms with van der Waals surface area (Å²) in [6.45, 7) is 2.00. The minimum Gasteiger partial charge on any atom is -0.493 e. The topological polar surface area (TPSA) is 84.9 Å². The molecule has 3 rings (SSSR count). The van der Waals surface area contributed by atoms with E-state index in [0.29, 0.717) is 49.8 Å². The Hall–Kier alpha value is -3.16. The molecule has 2 heterocycles. The van der Waals surface area contributed by atoms with Crippen molar-refractivity contribution in [2.24, 2.45) is 0 Å². The molecule has 1 aliphatic rings. The summed E-state index contributed by atoms with van der Waals surface area (Å²) in [6.07, 6.45) is 5.18. The van der Waals surface area contributed by atoms with Gasteiger partial charge in [-0.1, -0.05) is 12.1 Å². The number of hydrogen-bond donors (Lipinski definition) is 0. The predicted molar refractivity (Wildman–Crippen MR) is 97.6 cm³/mol. The molecule has 1 fully saturated rings. The van der Waals surface area contributed by atoms with E-state index in [4.69, 9.17) is 9.47 Å². The van der Waals surface area contributed by atoms with Crippen LogP contribution in [0.15, 0.2) is 42.9 Å². The summed E-state index contributed by atoms with van der Waals surface area (Å²) in [4.78, 5) is 36.4. The Morgan fingerprint density at radius 3 is 2.52 bits per heavy atom. The summed E-state index contributed by atoms with van der Waals surface area (Å²) in [6, 6.07) is 7.20. The van der Waals surface area contributed by atoms with Gasteiger partial charge in [-0.05, 0) is 18.6 Å². The molecule has 1 aromatic carbocycles. The number of amides is 2. The fraction of sp³-hybridized carbons (Fsp3) is 0.368. The SMILES string of the molecule is COc1ccccc1OCC(=O)N1CCCN(C(=O)c2cnccn2)CC1. The molecule has 0 bridgehead atoms. The lowest BCUT2D eigenvalue weighted by molar-refractivity contribution is -0.133. The molecular weight excluding hydrogens is 348 g/mol. The Kier molecular flexibility index (Phi) is 6.19. The Labute approximate surface area is 157 Å². The zero-order chi connectivity index (χ0) is 19.1. The van der Waals surface area contributed by atoms with Crippen LogP contribution in [0, 0.1) is 0 Å². The monoisotopic (exact) mass is 370 g/mol. The molecule has 1 aromatic heterocycles. The lowest BCUT2D eigenvalue weighted by Crippen LogP contribution is -2.39. The molecule has 8 nitrogen and oxygen atoms in total. The van der Waals surface area contributed by atoms with E-state index < -0.39 is 0 Å². The van der Waals surface area contributed by atoms with Gasteiger partial charge in [-0.15, -0.1) is 0 Å². The number of hydrogen-bond acceptors (Lipinski definition) is 6. The second-order valence-corrected chi connectivity index (χ2v) is 6.06. The molecule has 1 saturated heterocycles. The third-order valence-corrected chi connectivity index (χ3v) is 4.34. The molecule has 0 saturated carbocycles. The van der Waals surface area contributed by atoms with Crippen molar-refractivity contribution in [1.82, 2.24) is 19.8 Å². The van der Waals surface area contributed by atoms with Crippen LogP contribution in [0.3, 0.4) is 0 Å². The average molecular weight is 370 g/mol. The number of benzene rings is 1. The molecule has 0 N–H and O–H groups in total. The summed E-state index contributed by atoms with van der Waals surface area (Å²) in [5.41, 5.74) is 0.316. The minimum atomic E-state index is -0.164. The van der Waals surface area contributed by atoms with Crippen molar-refractivity contribution < 1.29 is 19.1 Å². The van der Waals surface area contributed by atoms with Gasteiger partial charge in [-0.25, -0.2) is 4.98 Å². The number of methoxy groups -OCH3 is 1. The summed E-state index contributed by atoms with van der Waals surface area (Å²) in [7, 11) is 1.56. The number of nitrogens with zero attached hydrogens (tertiary/aromatic N) is 4. The van der Waals surface area contributed by atoms with Crippen LogP contribution in [-0.2, 0) is 4.79 Å². The third-order valence-electron chi connectivity index (χ3n) is 4.34. The van der Waals surface area contributed by atoms with Crippen molar-refractivity contribution in [3.63, 3.8) is 0 Å². The predicted octanol–water partition coefficient (Wildman–Crippen LogP) is 1.24. The molecule has 2 amide bonds. The van der Waals surface area contributed by atoms with E-state index in [9.17, 15) is 9.59 Å². The van der Waals surface area contributed by atoms with E-state index in [-0.39, 0.29) is 18.4 Å². The number of aromatic nitrogens is 2. The number of para-hydroxylation sites is 2. The minimum absolute atomic E-state index is 0.0710. The third kappa shape index (κ3) is 4.72. The summed E-state index contributed by atoms with van der Waals surface area (Å²) < 4.78 is 10.8. The molecule has 0 unspecified atom stereocenters. The van der Waals surface area contributed by atoms with E-state index >= 15 is 0 Å². The summed E-state index contributed by atoms with van der Waals surface area (Å²) in [5.74, 6) is 0.835. The van der Waals surface area contributed by atoms with E-state index in [1.165, 1.54) is 18.6 Å². The van der Waals surface area contributed by atoms with Crippen LogP contribution in [0.25, 0.3) is 0 Å². The molecule has 1 aliphatic heterocycles. The van der Waals surface area contributed by atoms with Gasteiger partial charge in [0.05, 0.1) is 13.3 Å². The fourth-order valence-corrected chi connectivity index (χ4v) is 2.91. The van der Waals surface area contributed by atoms with Crippen molar-refractivity contribution in [3.05, 3.63) is 48.5 Å². The maximum absolute atomic E-state index is 12.5. The zero-order valence-electron chi connectivity index (χ0n) is 15.2. The van der Waals surface area contributed by atoms with Gasteiger partial charge >= 0.3 is 0 Å². The van der Waals surface area contributed by atoms with Crippen molar-refractivity contribution in [1.29, 1.82) is 0 Å².